The Hall–Kier alpha value is -0.650. The van der Waals surface area contributed by atoms with Gasteiger partial charge in [0.1, 0.15) is 4.99 Å². The molecule has 0 saturated carbocycles. The van der Waals surface area contributed by atoms with Gasteiger partial charge in [-0.2, -0.15) is 0 Å². The number of likely N-dealkylation sites (N-methyl/N-ethyl adjacent to an activating group) is 1. The van der Waals surface area contributed by atoms with Gasteiger partial charge in [0, 0.05) is 36.4 Å². The molecule has 2 N–H and O–H groups in total. The van der Waals surface area contributed by atoms with Gasteiger partial charge in [-0.15, -0.1) is 0 Å². The van der Waals surface area contributed by atoms with Crippen molar-refractivity contribution in [1.82, 2.24) is 0 Å². The quantitative estimate of drug-likeness (QED) is 0.847. The smallest absolute Gasteiger partial charge is 0.107 e. The van der Waals surface area contributed by atoms with Crippen molar-refractivity contribution in [2.45, 2.75) is 13.0 Å². The number of thiocarbonyl (C=S) groups is 1. The summed E-state index contributed by atoms with van der Waals surface area (Å²) in [5.74, 6) is 0. The molecule has 94 valence electrons. The minimum atomic E-state index is 0.151. The molecule has 0 aliphatic heterocycles. The van der Waals surface area contributed by atoms with E-state index in [-0.39, 0.29) is 6.10 Å². The largest absolute Gasteiger partial charge is 0.389 e. The van der Waals surface area contributed by atoms with Crippen LogP contribution in [0.3, 0.4) is 0 Å². The summed E-state index contributed by atoms with van der Waals surface area (Å²) < 4.78 is 6.17. The fourth-order valence-electron chi connectivity index (χ4n) is 1.63. The third kappa shape index (κ3) is 3.66. The number of halogens is 1. The van der Waals surface area contributed by atoms with Gasteiger partial charge in [-0.1, -0.05) is 18.3 Å². The molecule has 1 aromatic carbocycles. The lowest BCUT2D eigenvalue weighted by atomic mass is 10.1. The molecule has 0 aliphatic rings. The molecule has 17 heavy (non-hydrogen) atoms. The van der Waals surface area contributed by atoms with Crippen molar-refractivity contribution in [2.24, 2.45) is 5.73 Å². The lowest BCUT2D eigenvalue weighted by Gasteiger charge is -2.25. The van der Waals surface area contributed by atoms with E-state index in [0.29, 0.717) is 4.99 Å². The number of hydrogen-bond acceptors (Lipinski definition) is 3. The Labute approximate surface area is 116 Å². The number of rotatable bonds is 5. The van der Waals surface area contributed by atoms with Crippen molar-refractivity contribution in [2.75, 3.05) is 25.6 Å². The Morgan fingerprint density at radius 1 is 1.59 bits per heavy atom. The first kappa shape index (κ1) is 14.4. The first-order chi connectivity index (χ1) is 7.97. The number of benzene rings is 1. The Morgan fingerprint density at radius 3 is 2.76 bits per heavy atom. The maximum atomic E-state index is 5.76. The van der Waals surface area contributed by atoms with Crippen LogP contribution in [0.15, 0.2) is 22.7 Å². The highest BCUT2D eigenvalue weighted by Crippen LogP contribution is 2.27. The summed E-state index contributed by atoms with van der Waals surface area (Å²) in [4.78, 5) is 2.48. The summed E-state index contributed by atoms with van der Waals surface area (Å²) in [6, 6.07) is 5.91. The summed E-state index contributed by atoms with van der Waals surface area (Å²) in [5, 5.41) is 0. The highest BCUT2D eigenvalue weighted by atomic mass is 79.9. The standard InChI is InChI=1S/C12H17BrN2OS/c1-8(16-3)7-15(2)10-6-4-5-9(13)11(10)12(14)17/h4-6,8H,7H2,1-3H3,(H2,14,17). The van der Waals surface area contributed by atoms with E-state index < -0.39 is 0 Å². The van der Waals surface area contributed by atoms with E-state index in [0.717, 1.165) is 22.3 Å². The van der Waals surface area contributed by atoms with Crippen LogP contribution in [0.1, 0.15) is 12.5 Å². The van der Waals surface area contributed by atoms with Crippen LogP contribution in [0.2, 0.25) is 0 Å². The topological polar surface area (TPSA) is 38.5 Å². The molecular weight excluding hydrogens is 300 g/mol. The number of methoxy groups -OCH3 is 1. The van der Waals surface area contributed by atoms with Crippen molar-refractivity contribution in [1.29, 1.82) is 0 Å². The van der Waals surface area contributed by atoms with Crippen LogP contribution in [0, 0.1) is 0 Å². The van der Waals surface area contributed by atoms with E-state index >= 15 is 0 Å². The van der Waals surface area contributed by atoms with Gasteiger partial charge < -0.3 is 15.4 Å². The van der Waals surface area contributed by atoms with E-state index in [2.05, 4.69) is 20.8 Å². The van der Waals surface area contributed by atoms with Gasteiger partial charge in [-0.05, 0) is 35.0 Å². The summed E-state index contributed by atoms with van der Waals surface area (Å²) in [7, 11) is 3.70. The molecule has 3 nitrogen and oxygen atoms in total. The summed E-state index contributed by atoms with van der Waals surface area (Å²) in [6.45, 7) is 2.80. The average molecular weight is 317 g/mol. The van der Waals surface area contributed by atoms with E-state index in [9.17, 15) is 0 Å². The number of ether oxygens (including phenoxy) is 1. The third-order valence-corrected chi connectivity index (χ3v) is 3.45. The van der Waals surface area contributed by atoms with Crippen molar-refractivity contribution >= 4 is 38.8 Å². The molecule has 0 radical (unpaired) electrons. The predicted octanol–water partition coefficient (Wildman–Crippen LogP) is 2.55. The van der Waals surface area contributed by atoms with Gasteiger partial charge in [-0.3, -0.25) is 0 Å². The molecule has 0 aliphatic carbocycles. The molecule has 0 spiro atoms. The first-order valence-electron chi connectivity index (χ1n) is 5.29. The van der Waals surface area contributed by atoms with Gasteiger partial charge in [0.25, 0.3) is 0 Å². The predicted molar refractivity (Wildman–Crippen MR) is 79.8 cm³/mol. The third-order valence-electron chi connectivity index (χ3n) is 2.58. The van der Waals surface area contributed by atoms with E-state index in [1.165, 1.54) is 0 Å². The van der Waals surface area contributed by atoms with Crippen LogP contribution in [0.4, 0.5) is 5.69 Å². The van der Waals surface area contributed by atoms with Gasteiger partial charge in [-0.25, -0.2) is 0 Å². The number of hydrogen-bond donors (Lipinski definition) is 1. The molecule has 1 unspecified atom stereocenters. The molecule has 5 heteroatoms. The Balaban J connectivity index is 3.04. The molecule has 1 rings (SSSR count). The van der Waals surface area contributed by atoms with Gasteiger partial charge in [0.05, 0.1) is 6.10 Å². The fourth-order valence-corrected chi connectivity index (χ4v) is 2.55. The van der Waals surface area contributed by atoms with Crippen LogP contribution < -0.4 is 10.6 Å². The van der Waals surface area contributed by atoms with Crippen molar-refractivity contribution in [3.05, 3.63) is 28.2 Å². The molecule has 1 aromatic rings. The average Bonchev–Trinajstić information content (AvgIpc) is 2.27. The van der Waals surface area contributed by atoms with Gasteiger partial charge >= 0.3 is 0 Å². The molecule has 0 saturated heterocycles. The molecule has 0 fully saturated rings. The Bertz CT molecular complexity index is 411. The molecule has 0 aromatic heterocycles. The van der Waals surface area contributed by atoms with E-state index in [4.69, 9.17) is 22.7 Å². The highest BCUT2D eigenvalue weighted by Gasteiger charge is 2.14. The lowest BCUT2D eigenvalue weighted by molar-refractivity contribution is 0.124. The van der Waals surface area contributed by atoms with E-state index in [1.54, 1.807) is 7.11 Å². The van der Waals surface area contributed by atoms with Crippen LogP contribution in [0.25, 0.3) is 0 Å². The SMILES string of the molecule is COC(C)CN(C)c1cccc(Br)c1C(N)=S. The van der Waals surface area contributed by atoms with Crippen molar-refractivity contribution in [3.8, 4) is 0 Å². The van der Waals surface area contributed by atoms with Crippen LogP contribution in [0.5, 0.6) is 0 Å². The minimum absolute atomic E-state index is 0.151. The van der Waals surface area contributed by atoms with Crippen molar-refractivity contribution < 1.29 is 4.74 Å². The summed E-state index contributed by atoms with van der Waals surface area (Å²) >= 11 is 8.56. The molecular formula is C12H17BrN2OS. The summed E-state index contributed by atoms with van der Waals surface area (Å²) in [6.07, 6.45) is 0.151. The zero-order valence-electron chi connectivity index (χ0n) is 10.2. The fraction of sp³-hybridized carbons (Fsp3) is 0.417. The molecule has 1 atom stereocenters. The number of nitrogens with two attached hydrogens (primary N) is 1. The highest BCUT2D eigenvalue weighted by molar-refractivity contribution is 9.10. The Morgan fingerprint density at radius 2 is 2.24 bits per heavy atom. The molecule has 0 bridgehead atoms. The van der Waals surface area contributed by atoms with Crippen LogP contribution in [-0.4, -0.2) is 31.8 Å². The normalized spacial score (nSPS) is 12.2. The second kappa shape index (κ2) is 6.33. The number of nitrogens with zero attached hydrogens (tertiary/aromatic N) is 1. The Kier molecular flexibility index (Phi) is 5.36. The van der Waals surface area contributed by atoms with Crippen LogP contribution in [-0.2, 0) is 4.74 Å². The monoisotopic (exact) mass is 316 g/mol. The maximum absolute atomic E-state index is 5.76. The molecule has 0 amide bonds. The number of anilines is 1. The second-order valence-electron chi connectivity index (χ2n) is 3.93. The van der Waals surface area contributed by atoms with Gasteiger partial charge in [0.15, 0.2) is 0 Å². The molecule has 0 heterocycles. The van der Waals surface area contributed by atoms with Crippen molar-refractivity contribution in [3.63, 3.8) is 0 Å². The maximum Gasteiger partial charge on any atom is 0.107 e. The zero-order chi connectivity index (χ0) is 13.0. The van der Waals surface area contributed by atoms with E-state index in [1.807, 2.05) is 32.2 Å². The first-order valence-corrected chi connectivity index (χ1v) is 6.49. The summed E-state index contributed by atoms with van der Waals surface area (Å²) in [5.41, 5.74) is 7.64. The van der Waals surface area contributed by atoms with Gasteiger partial charge in [0.2, 0.25) is 0 Å². The van der Waals surface area contributed by atoms with Crippen LogP contribution >= 0.6 is 28.1 Å². The lowest BCUT2D eigenvalue weighted by Crippen LogP contribution is -2.30. The second-order valence-corrected chi connectivity index (χ2v) is 5.22. The minimum Gasteiger partial charge on any atom is -0.389 e. The zero-order valence-corrected chi connectivity index (χ0v) is 12.6.